The molecular formula is C19H23BrO. The number of hydrogen-bond acceptors (Lipinski definition) is 1. The van der Waals surface area contributed by atoms with Crippen molar-refractivity contribution in [2.75, 3.05) is 0 Å². The average Bonchev–Trinajstić information content (AvgIpc) is 2.40. The predicted molar refractivity (Wildman–Crippen MR) is 93.8 cm³/mol. The van der Waals surface area contributed by atoms with Gasteiger partial charge in [0.15, 0.2) is 0 Å². The number of rotatable bonds is 3. The first kappa shape index (κ1) is 16.1. The number of aryl methyl sites for hydroxylation is 2. The van der Waals surface area contributed by atoms with Gasteiger partial charge in [-0.2, -0.15) is 0 Å². The molecule has 0 aromatic heterocycles. The minimum atomic E-state index is 0.164. The van der Waals surface area contributed by atoms with Crippen LogP contribution >= 0.6 is 15.9 Å². The van der Waals surface area contributed by atoms with E-state index in [0.717, 1.165) is 16.8 Å². The summed E-state index contributed by atoms with van der Waals surface area (Å²) in [5.74, 6) is 1.82. The Balaban J connectivity index is 2.26. The molecule has 21 heavy (non-hydrogen) atoms. The van der Waals surface area contributed by atoms with Crippen LogP contribution in [0.4, 0.5) is 0 Å². The number of hydrogen-bond donors (Lipinski definition) is 0. The van der Waals surface area contributed by atoms with Crippen molar-refractivity contribution in [3.63, 3.8) is 0 Å². The molecule has 0 unspecified atom stereocenters. The Hall–Kier alpha value is -1.28. The predicted octanol–water partition coefficient (Wildman–Crippen LogP) is 6.29. The van der Waals surface area contributed by atoms with Crippen LogP contribution in [-0.2, 0) is 10.7 Å². The highest BCUT2D eigenvalue weighted by molar-refractivity contribution is 9.08. The van der Waals surface area contributed by atoms with E-state index in [0.29, 0.717) is 0 Å². The third-order valence-corrected chi connectivity index (χ3v) is 4.33. The highest BCUT2D eigenvalue weighted by Crippen LogP contribution is 2.31. The topological polar surface area (TPSA) is 9.23 Å². The molecule has 112 valence electrons. The third kappa shape index (κ3) is 3.88. The van der Waals surface area contributed by atoms with E-state index >= 15 is 0 Å². The zero-order valence-electron chi connectivity index (χ0n) is 13.5. The second-order valence-corrected chi connectivity index (χ2v) is 7.11. The highest BCUT2D eigenvalue weighted by Gasteiger charge is 2.15. The summed E-state index contributed by atoms with van der Waals surface area (Å²) in [4.78, 5) is 0. The molecule has 2 rings (SSSR count). The van der Waals surface area contributed by atoms with Gasteiger partial charge in [0.25, 0.3) is 0 Å². The van der Waals surface area contributed by atoms with E-state index in [1.807, 2.05) is 6.07 Å². The highest BCUT2D eigenvalue weighted by atomic mass is 79.9. The SMILES string of the molecule is Cc1cc(Oc2ccc(C(C)(C)C)cc2C)ccc1CBr. The maximum Gasteiger partial charge on any atom is 0.130 e. The second kappa shape index (κ2) is 6.23. The first-order valence-corrected chi connectivity index (χ1v) is 8.38. The van der Waals surface area contributed by atoms with Gasteiger partial charge in [-0.05, 0) is 59.7 Å². The van der Waals surface area contributed by atoms with Gasteiger partial charge in [0.2, 0.25) is 0 Å². The lowest BCUT2D eigenvalue weighted by Crippen LogP contribution is -2.11. The standard InChI is InChI=1S/C19H23BrO/c1-13-11-17(8-6-15(13)12-20)21-18-9-7-16(10-14(18)2)19(3,4)5/h6-11H,12H2,1-5H3. The number of benzene rings is 2. The van der Waals surface area contributed by atoms with Gasteiger partial charge >= 0.3 is 0 Å². The van der Waals surface area contributed by atoms with Crippen molar-refractivity contribution in [2.24, 2.45) is 0 Å². The fraction of sp³-hybridized carbons (Fsp3) is 0.368. The van der Waals surface area contributed by atoms with E-state index in [1.165, 1.54) is 22.3 Å². The number of ether oxygens (including phenoxy) is 1. The molecule has 0 N–H and O–H groups in total. The second-order valence-electron chi connectivity index (χ2n) is 6.55. The molecule has 0 heterocycles. The molecule has 1 nitrogen and oxygen atoms in total. The summed E-state index contributed by atoms with van der Waals surface area (Å²) in [6.07, 6.45) is 0. The maximum atomic E-state index is 6.04. The Labute approximate surface area is 136 Å². The van der Waals surface area contributed by atoms with Crippen molar-refractivity contribution in [3.05, 3.63) is 58.7 Å². The van der Waals surface area contributed by atoms with Crippen LogP contribution in [-0.4, -0.2) is 0 Å². The Morgan fingerprint density at radius 2 is 1.67 bits per heavy atom. The Morgan fingerprint density at radius 1 is 0.952 bits per heavy atom. The Kier molecular flexibility index (Phi) is 4.77. The van der Waals surface area contributed by atoms with Crippen LogP contribution in [0.25, 0.3) is 0 Å². The number of alkyl halides is 1. The molecule has 0 atom stereocenters. The van der Waals surface area contributed by atoms with E-state index in [1.54, 1.807) is 0 Å². The Bertz CT molecular complexity index is 638. The van der Waals surface area contributed by atoms with Gasteiger partial charge in [-0.15, -0.1) is 0 Å². The van der Waals surface area contributed by atoms with E-state index in [-0.39, 0.29) is 5.41 Å². The molecule has 0 saturated carbocycles. The van der Waals surface area contributed by atoms with Gasteiger partial charge in [0, 0.05) is 5.33 Å². The molecule has 0 radical (unpaired) electrons. The summed E-state index contributed by atoms with van der Waals surface area (Å²) in [5.41, 5.74) is 5.20. The molecule has 0 aliphatic heterocycles. The van der Waals surface area contributed by atoms with Crippen LogP contribution in [0.3, 0.4) is 0 Å². The normalized spacial score (nSPS) is 11.5. The van der Waals surface area contributed by atoms with Gasteiger partial charge in [-0.3, -0.25) is 0 Å². The minimum Gasteiger partial charge on any atom is -0.457 e. The quantitative estimate of drug-likeness (QED) is 0.593. The summed E-state index contributed by atoms with van der Waals surface area (Å²) in [7, 11) is 0. The van der Waals surface area contributed by atoms with Gasteiger partial charge in [-0.1, -0.05) is 54.9 Å². The zero-order valence-corrected chi connectivity index (χ0v) is 15.0. The van der Waals surface area contributed by atoms with Gasteiger partial charge < -0.3 is 4.74 Å². The van der Waals surface area contributed by atoms with Crippen LogP contribution in [0.15, 0.2) is 36.4 Å². The molecule has 0 saturated heterocycles. The van der Waals surface area contributed by atoms with Crippen molar-refractivity contribution in [2.45, 2.75) is 45.4 Å². The lowest BCUT2D eigenvalue weighted by atomic mass is 9.86. The fourth-order valence-corrected chi connectivity index (χ4v) is 2.87. The maximum absolute atomic E-state index is 6.04. The van der Waals surface area contributed by atoms with Crippen LogP contribution in [0, 0.1) is 13.8 Å². The van der Waals surface area contributed by atoms with Crippen LogP contribution in [0.1, 0.15) is 43.0 Å². The van der Waals surface area contributed by atoms with Crippen LogP contribution in [0.2, 0.25) is 0 Å². The van der Waals surface area contributed by atoms with E-state index < -0.39 is 0 Å². The summed E-state index contributed by atoms with van der Waals surface area (Å²) in [5, 5.41) is 0.873. The van der Waals surface area contributed by atoms with Crippen LogP contribution < -0.4 is 4.74 Å². The van der Waals surface area contributed by atoms with Crippen molar-refractivity contribution >= 4 is 15.9 Å². The van der Waals surface area contributed by atoms with Crippen LogP contribution in [0.5, 0.6) is 11.5 Å². The lowest BCUT2D eigenvalue weighted by molar-refractivity contribution is 0.477. The average molecular weight is 347 g/mol. The summed E-state index contributed by atoms with van der Waals surface area (Å²) in [6, 6.07) is 12.7. The summed E-state index contributed by atoms with van der Waals surface area (Å²) in [6.45, 7) is 10.9. The van der Waals surface area contributed by atoms with E-state index in [4.69, 9.17) is 4.74 Å². The first-order valence-electron chi connectivity index (χ1n) is 7.26. The van der Waals surface area contributed by atoms with Gasteiger partial charge in [0.05, 0.1) is 0 Å². The molecule has 0 spiro atoms. The van der Waals surface area contributed by atoms with Gasteiger partial charge in [0.1, 0.15) is 11.5 Å². The van der Waals surface area contributed by atoms with E-state index in [9.17, 15) is 0 Å². The largest absolute Gasteiger partial charge is 0.457 e. The van der Waals surface area contributed by atoms with Crippen molar-refractivity contribution in [1.82, 2.24) is 0 Å². The lowest BCUT2D eigenvalue weighted by Gasteiger charge is -2.20. The molecule has 0 amide bonds. The molecule has 2 aromatic rings. The van der Waals surface area contributed by atoms with Crippen molar-refractivity contribution in [3.8, 4) is 11.5 Å². The fourth-order valence-electron chi connectivity index (χ4n) is 2.24. The molecule has 0 aliphatic carbocycles. The summed E-state index contributed by atoms with van der Waals surface area (Å²) >= 11 is 3.50. The smallest absolute Gasteiger partial charge is 0.130 e. The molecule has 2 aromatic carbocycles. The van der Waals surface area contributed by atoms with Crippen molar-refractivity contribution < 1.29 is 4.74 Å². The molecule has 2 heteroatoms. The molecular weight excluding hydrogens is 324 g/mol. The minimum absolute atomic E-state index is 0.164. The van der Waals surface area contributed by atoms with Crippen molar-refractivity contribution in [1.29, 1.82) is 0 Å². The van der Waals surface area contributed by atoms with Gasteiger partial charge in [-0.25, -0.2) is 0 Å². The third-order valence-electron chi connectivity index (χ3n) is 3.73. The molecule has 0 bridgehead atoms. The monoisotopic (exact) mass is 346 g/mol. The number of halogens is 1. The first-order chi connectivity index (χ1) is 9.81. The summed E-state index contributed by atoms with van der Waals surface area (Å²) < 4.78 is 6.04. The van der Waals surface area contributed by atoms with E-state index in [2.05, 4.69) is 80.9 Å². The zero-order chi connectivity index (χ0) is 15.6. The Morgan fingerprint density at radius 3 is 2.19 bits per heavy atom. The molecule has 0 aliphatic rings. The molecule has 0 fully saturated rings.